The van der Waals surface area contributed by atoms with E-state index in [1.165, 1.54) is 16.2 Å². The number of carbonyl (C=O) groups excluding carboxylic acids is 1. The van der Waals surface area contributed by atoms with E-state index in [1.807, 2.05) is 17.0 Å². The Morgan fingerprint density at radius 1 is 1.17 bits per heavy atom. The molecule has 1 aliphatic rings. The van der Waals surface area contributed by atoms with Crippen LogP contribution in [-0.2, 0) is 11.3 Å². The summed E-state index contributed by atoms with van der Waals surface area (Å²) in [5, 5.41) is 8.32. The standard InChI is InChI=1S/C23H20N4OS/c1-3-20(28)26-11-12-27-23(15(26)2)21(16-6-9-24-10-7-16)22(25-27)18-4-5-19-17(14-18)8-13-29-19/h3-10,13-15H,1,11-12H2,2H3/t15-/m1/s1. The first-order valence-corrected chi connectivity index (χ1v) is 10.5. The molecule has 0 radical (unpaired) electrons. The predicted octanol–water partition coefficient (Wildman–Crippen LogP) is 4.92. The highest BCUT2D eigenvalue weighted by molar-refractivity contribution is 7.17. The summed E-state index contributed by atoms with van der Waals surface area (Å²) in [6, 6.07) is 12.5. The highest BCUT2D eigenvalue weighted by Crippen LogP contribution is 2.41. The summed E-state index contributed by atoms with van der Waals surface area (Å²) in [5.41, 5.74) is 5.20. The summed E-state index contributed by atoms with van der Waals surface area (Å²) in [5.74, 6) is -0.0492. The number of hydrogen-bond acceptors (Lipinski definition) is 4. The van der Waals surface area contributed by atoms with Crippen molar-refractivity contribution in [2.24, 2.45) is 0 Å². The number of thiophene rings is 1. The highest BCUT2D eigenvalue weighted by Gasteiger charge is 2.32. The summed E-state index contributed by atoms with van der Waals surface area (Å²) in [4.78, 5) is 18.4. The molecule has 0 aliphatic carbocycles. The summed E-state index contributed by atoms with van der Waals surface area (Å²) in [6.07, 6.45) is 4.98. The lowest BCUT2D eigenvalue weighted by Gasteiger charge is -2.34. The van der Waals surface area contributed by atoms with Gasteiger partial charge in [-0.15, -0.1) is 11.3 Å². The minimum Gasteiger partial charge on any atom is -0.329 e. The van der Waals surface area contributed by atoms with Crippen molar-refractivity contribution in [3.05, 3.63) is 72.5 Å². The van der Waals surface area contributed by atoms with E-state index in [2.05, 4.69) is 52.8 Å². The smallest absolute Gasteiger partial charge is 0.246 e. The van der Waals surface area contributed by atoms with Gasteiger partial charge in [-0.05, 0) is 59.7 Å². The molecule has 29 heavy (non-hydrogen) atoms. The molecule has 1 amide bonds. The maximum Gasteiger partial charge on any atom is 0.246 e. The van der Waals surface area contributed by atoms with Crippen LogP contribution in [0.4, 0.5) is 0 Å². The van der Waals surface area contributed by atoms with Gasteiger partial charge in [0.05, 0.1) is 18.3 Å². The van der Waals surface area contributed by atoms with Gasteiger partial charge in [0.1, 0.15) is 5.69 Å². The molecule has 4 heterocycles. The van der Waals surface area contributed by atoms with Crippen LogP contribution in [0.1, 0.15) is 18.7 Å². The molecule has 0 unspecified atom stereocenters. The number of nitrogens with zero attached hydrogens (tertiary/aromatic N) is 4. The van der Waals surface area contributed by atoms with Gasteiger partial charge < -0.3 is 4.90 Å². The summed E-state index contributed by atoms with van der Waals surface area (Å²) < 4.78 is 3.32. The fraction of sp³-hybridized carbons (Fsp3) is 0.174. The normalized spacial score (nSPS) is 16.0. The molecule has 0 bridgehead atoms. The molecule has 0 saturated heterocycles. The molecular formula is C23H20N4OS. The molecule has 1 aliphatic heterocycles. The Bertz CT molecular complexity index is 1220. The van der Waals surface area contributed by atoms with Crippen LogP contribution in [0.2, 0.25) is 0 Å². The quantitative estimate of drug-likeness (QED) is 0.459. The van der Waals surface area contributed by atoms with Crippen LogP contribution in [-0.4, -0.2) is 32.1 Å². The molecule has 3 aromatic heterocycles. The predicted molar refractivity (Wildman–Crippen MR) is 117 cm³/mol. The van der Waals surface area contributed by atoms with Crippen molar-refractivity contribution in [1.82, 2.24) is 19.7 Å². The number of benzene rings is 1. The first-order valence-electron chi connectivity index (χ1n) is 9.59. The Morgan fingerprint density at radius 2 is 2.00 bits per heavy atom. The molecular weight excluding hydrogens is 380 g/mol. The lowest BCUT2D eigenvalue weighted by molar-refractivity contribution is -0.129. The van der Waals surface area contributed by atoms with E-state index in [0.717, 1.165) is 28.1 Å². The van der Waals surface area contributed by atoms with Crippen LogP contribution < -0.4 is 0 Å². The topological polar surface area (TPSA) is 51.0 Å². The first-order chi connectivity index (χ1) is 14.2. The van der Waals surface area contributed by atoms with Crippen molar-refractivity contribution in [1.29, 1.82) is 0 Å². The first kappa shape index (κ1) is 17.8. The molecule has 144 valence electrons. The Morgan fingerprint density at radius 3 is 2.79 bits per heavy atom. The van der Waals surface area contributed by atoms with Gasteiger partial charge in [0.15, 0.2) is 0 Å². The van der Waals surface area contributed by atoms with Crippen LogP contribution in [0.25, 0.3) is 32.5 Å². The van der Waals surface area contributed by atoms with E-state index >= 15 is 0 Å². The lowest BCUT2D eigenvalue weighted by atomic mass is 9.95. The van der Waals surface area contributed by atoms with Crippen molar-refractivity contribution in [3.8, 4) is 22.4 Å². The minimum absolute atomic E-state index is 0.0492. The number of aromatic nitrogens is 3. The van der Waals surface area contributed by atoms with Crippen molar-refractivity contribution < 1.29 is 4.79 Å². The molecule has 0 saturated carbocycles. The molecule has 1 atom stereocenters. The zero-order valence-electron chi connectivity index (χ0n) is 16.1. The van der Waals surface area contributed by atoms with E-state index in [1.54, 1.807) is 23.7 Å². The average molecular weight is 401 g/mol. The van der Waals surface area contributed by atoms with Gasteiger partial charge in [-0.2, -0.15) is 5.10 Å². The number of fused-ring (bicyclic) bond motifs is 2. The van der Waals surface area contributed by atoms with Crippen molar-refractivity contribution in [2.75, 3.05) is 6.54 Å². The van der Waals surface area contributed by atoms with Gasteiger partial charge in [-0.1, -0.05) is 12.6 Å². The zero-order chi connectivity index (χ0) is 20.0. The Hall–Kier alpha value is -3.25. The average Bonchev–Trinajstić information content (AvgIpc) is 3.38. The number of pyridine rings is 1. The van der Waals surface area contributed by atoms with E-state index < -0.39 is 0 Å². The monoisotopic (exact) mass is 400 g/mol. The third-order valence-corrected chi connectivity index (χ3v) is 6.46. The lowest BCUT2D eigenvalue weighted by Crippen LogP contribution is -2.40. The highest BCUT2D eigenvalue weighted by atomic mass is 32.1. The van der Waals surface area contributed by atoms with Crippen LogP contribution in [0.3, 0.4) is 0 Å². The van der Waals surface area contributed by atoms with Gasteiger partial charge in [-0.3, -0.25) is 14.5 Å². The van der Waals surface area contributed by atoms with E-state index in [0.29, 0.717) is 13.1 Å². The zero-order valence-corrected chi connectivity index (χ0v) is 16.9. The summed E-state index contributed by atoms with van der Waals surface area (Å²) >= 11 is 1.74. The number of amides is 1. The molecule has 5 nitrogen and oxygen atoms in total. The maximum absolute atomic E-state index is 12.4. The molecule has 6 heteroatoms. The molecule has 0 N–H and O–H groups in total. The second-order valence-corrected chi connectivity index (χ2v) is 8.10. The van der Waals surface area contributed by atoms with Crippen LogP contribution in [0.5, 0.6) is 0 Å². The van der Waals surface area contributed by atoms with Crippen LogP contribution in [0.15, 0.2) is 66.8 Å². The fourth-order valence-corrected chi connectivity index (χ4v) is 4.92. The third kappa shape index (κ3) is 2.87. The van der Waals surface area contributed by atoms with Gasteiger partial charge in [0.25, 0.3) is 0 Å². The fourth-order valence-electron chi connectivity index (χ4n) is 4.15. The van der Waals surface area contributed by atoms with Crippen LogP contribution in [0, 0.1) is 0 Å². The van der Waals surface area contributed by atoms with Crippen molar-refractivity contribution >= 4 is 27.3 Å². The maximum atomic E-state index is 12.4. The van der Waals surface area contributed by atoms with Gasteiger partial charge in [0, 0.05) is 34.8 Å². The third-order valence-electron chi connectivity index (χ3n) is 5.56. The van der Waals surface area contributed by atoms with E-state index in [-0.39, 0.29) is 11.9 Å². The van der Waals surface area contributed by atoms with E-state index in [9.17, 15) is 4.79 Å². The van der Waals surface area contributed by atoms with Gasteiger partial charge in [0.2, 0.25) is 5.91 Å². The van der Waals surface area contributed by atoms with E-state index in [4.69, 9.17) is 5.10 Å². The largest absolute Gasteiger partial charge is 0.329 e. The van der Waals surface area contributed by atoms with Gasteiger partial charge in [-0.25, -0.2) is 0 Å². The second kappa shape index (κ2) is 6.97. The number of hydrogen-bond donors (Lipinski definition) is 0. The SMILES string of the molecule is C=CC(=O)N1CCn2nc(-c3ccc4sccc4c3)c(-c3ccncc3)c2[C@H]1C. The molecule has 4 aromatic rings. The van der Waals surface area contributed by atoms with Gasteiger partial charge >= 0.3 is 0 Å². The summed E-state index contributed by atoms with van der Waals surface area (Å²) in [6.45, 7) is 7.01. The molecule has 5 rings (SSSR count). The number of carbonyl (C=O) groups is 1. The van der Waals surface area contributed by atoms with Crippen molar-refractivity contribution in [3.63, 3.8) is 0 Å². The Balaban J connectivity index is 1.74. The Kier molecular flexibility index (Phi) is 4.28. The minimum atomic E-state index is -0.0939. The molecule has 0 fully saturated rings. The Labute approximate surface area is 172 Å². The number of rotatable bonds is 3. The van der Waals surface area contributed by atoms with Crippen LogP contribution >= 0.6 is 11.3 Å². The molecule has 0 spiro atoms. The summed E-state index contributed by atoms with van der Waals surface area (Å²) in [7, 11) is 0. The second-order valence-electron chi connectivity index (χ2n) is 7.15. The molecule has 1 aromatic carbocycles. The van der Waals surface area contributed by atoms with Crippen molar-refractivity contribution in [2.45, 2.75) is 19.5 Å².